The summed E-state index contributed by atoms with van der Waals surface area (Å²) < 4.78 is 11.1. The van der Waals surface area contributed by atoms with Crippen LogP contribution >= 0.6 is 0 Å². The Balaban J connectivity index is 1.69. The molecule has 0 atom stereocenters. The lowest BCUT2D eigenvalue weighted by Gasteiger charge is -2.12. The van der Waals surface area contributed by atoms with E-state index in [4.69, 9.17) is 14.5 Å². The molecular weight excluding hydrogens is 402 g/mol. The fourth-order valence-corrected chi connectivity index (χ4v) is 3.68. The molecule has 4 rings (SSSR count). The Morgan fingerprint density at radius 3 is 2.50 bits per heavy atom. The Kier molecular flexibility index (Phi) is 5.91. The number of hydrogen-bond donors (Lipinski definition) is 0. The third kappa shape index (κ3) is 4.06. The number of ketones is 1. The van der Waals surface area contributed by atoms with Crippen LogP contribution in [0.15, 0.2) is 66.7 Å². The first-order valence-corrected chi connectivity index (χ1v) is 10.6. The van der Waals surface area contributed by atoms with E-state index in [2.05, 4.69) is 32.6 Å². The van der Waals surface area contributed by atoms with Crippen LogP contribution in [-0.2, 0) is 14.3 Å². The van der Waals surface area contributed by atoms with Crippen LogP contribution in [0.1, 0.15) is 53.9 Å². The number of hydrogen-bond acceptors (Lipinski definition) is 5. The molecule has 2 aromatic carbocycles. The Morgan fingerprint density at radius 1 is 1.03 bits per heavy atom. The predicted octanol–water partition coefficient (Wildman–Crippen LogP) is 5.56. The zero-order chi connectivity index (χ0) is 22.8. The maximum Gasteiger partial charge on any atom is 0.333 e. The summed E-state index contributed by atoms with van der Waals surface area (Å²) in [6, 6.07) is 17.3. The van der Waals surface area contributed by atoms with Crippen LogP contribution < -0.4 is 0 Å². The van der Waals surface area contributed by atoms with E-state index < -0.39 is 5.97 Å². The fraction of sp³-hybridized carbons (Fsp3) is 0.222. The lowest BCUT2D eigenvalue weighted by molar-refractivity contribution is -0.139. The molecule has 1 aliphatic rings. The third-order valence-electron chi connectivity index (χ3n) is 5.42. The van der Waals surface area contributed by atoms with Gasteiger partial charge in [-0.1, -0.05) is 56.8 Å². The van der Waals surface area contributed by atoms with Crippen molar-refractivity contribution in [3.05, 3.63) is 89.1 Å². The number of Topliss-reactive ketones (excluding diaryl/α,β-unsaturated/α-hetero) is 1. The van der Waals surface area contributed by atoms with Gasteiger partial charge in [0.25, 0.3) is 0 Å². The van der Waals surface area contributed by atoms with Gasteiger partial charge in [-0.15, -0.1) is 0 Å². The van der Waals surface area contributed by atoms with Gasteiger partial charge >= 0.3 is 5.97 Å². The SMILES string of the molecule is C=C(C)C(=O)OCCOC1=C(c2ccc3cc(C(C)C)ccc3n2)C(=O)c2ccccc21. The molecule has 0 saturated heterocycles. The summed E-state index contributed by atoms with van der Waals surface area (Å²) in [7, 11) is 0. The van der Waals surface area contributed by atoms with E-state index in [-0.39, 0.29) is 19.0 Å². The first kappa shape index (κ1) is 21.5. The molecule has 32 heavy (non-hydrogen) atoms. The van der Waals surface area contributed by atoms with Crippen molar-refractivity contribution >= 4 is 34.0 Å². The summed E-state index contributed by atoms with van der Waals surface area (Å²) >= 11 is 0. The Labute approximate surface area is 187 Å². The van der Waals surface area contributed by atoms with Crippen molar-refractivity contribution < 1.29 is 19.1 Å². The maximum absolute atomic E-state index is 13.2. The normalized spacial score (nSPS) is 12.9. The summed E-state index contributed by atoms with van der Waals surface area (Å²) in [6.07, 6.45) is 0. The number of allylic oxidation sites excluding steroid dienone is 1. The number of benzene rings is 2. The number of esters is 1. The Morgan fingerprint density at radius 2 is 1.78 bits per heavy atom. The van der Waals surface area contributed by atoms with Gasteiger partial charge in [0.1, 0.15) is 19.0 Å². The maximum atomic E-state index is 13.2. The number of carbonyl (C=O) groups is 2. The summed E-state index contributed by atoms with van der Waals surface area (Å²) in [5.41, 5.74) is 4.66. The van der Waals surface area contributed by atoms with Gasteiger partial charge < -0.3 is 9.47 Å². The summed E-state index contributed by atoms with van der Waals surface area (Å²) in [6.45, 7) is 9.63. The number of fused-ring (bicyclic) bond motifs is 2. The van der Waals surface area contributed by atoms with Crippen LogP contribution in [0.5, 0.6) is 0 Å². The minimum atomic E-state index is -0.470. The van der Waals surface area contributed by atoms with Crippen molar-refractivity contribution in [1.82, 2.24) is 4.98 Å². The largest absolute Gasteiger partial charge is 0.489 e. The molecule has 0 radical (unpaired) electrons. The molecule has 0 fully saturated rings. The highest BCUT2D eigenvalue weighted by Crippen LogP contribution is 2.38. The van der Waals surface area contributed by atoms with Gasteiger partial charge in [0.15, 0.2) is 5.78 Å². The number of nitrogens with zero attached hydrogens (tertiary/aromatic N) is 1. The molecule has 0 aliphatic heterocycles. The molecule has 0 bridgehead atoms. The van der Waals surface area contributed by atoms with Crippen LogP contribution in [0, 0.1) is 0 Å². The molecule has 0 saturated carbocycles. The van der Waals surface area contributed by atoms with E-state index in [1.807, 2.05) is 36.4 Å². The third-order valence-corrected chi connectivity index (χ3v) is 5.42. The van der Waals surface area contributed by atoms with Crippen molar-refractivity contribution in [3.63, 3.8) is 0 Å². The zero-order valence-corrected chi connectivity index (χ0v) is 18.5. The molecule has 1 heterocycles. The molecule has 162 valence electrons. The second-order valence-corrected chi connectivity index (χ2v) is 8.15. The van der Waals surface area contributed by atoms with Gasteiger partial charge in [0.05, 0.1) is 16.8 Å². The summed E-state index contributed by atoms with van der Waals surface area (Å²) in [4.78, 5) is 29.6. The zero-order valence-electron chi connectivity index (χ0n) is 18.5. The van der Waals surface area contributed by atoms with E-state index in [0.717, 1.165) is 16.5 Å². The monoisotopic (exact) mass is 427 g/mol. The van der Waals surface area contributed by atoms with Crippen LogP contribution in [0.3, 0.4) is 0 Å². The lowest BCUT2D eigenvalue weighted by atomic mass is 10.00. The van der Waals surface area contributed by atoms with Gasteiger partial charge in [-0.2, -0.15) is 0 Å². The van der Waals surface area contributed by atoms with E-state index in [1.54, 1.807) is 13.0 Å². The van der Waals surface area contributed by atoms with Crippen molar-refractivity contribution in [3.8, 4) is 0 Å². The molecule has 3 aromatic rings. The minimum Gasteiger partial charge on any atom is -0.489 e. The predicted molar refractivity (Wildman–Crippen MR) is 125 cm³/mol. The van der Waals surface area contributed by atoms with Gasteiger partial charge in [-0.05, 0) is 36.6 Å². The fourth-order valence-electron chi connectivity index (χ4n) is 3.68. The van der Waals surface area contributed by atoms with Crippen LogP contribution in [-0.4, -0.2) is 30.0 Å². The molecule has 0 unspecified atom stereocenters. The topological polar surface area (TPSA) is 65.5 Å². The van der Waals surface area contributed by atoms with E-state index in [9.17, 15) is 9.59 Å². The summed E-state index contributed by atoms with van der Waals surface area (Å²) in [5.74, 6) is 0.289. The van der Waals surface area contributed by atoms with Crippen molar-refractivity contribution in [2.75, 3.05) is 13.2 Å². The Hall–Kier alpha value is -3.73. The molecule has 0 N–H and O–H groups in total. The first-order chi connectivity index (χ1) is 15.4. The quantitative estimate of drug-likeness (QED) is 0.281. The van der Waals surface area contributed by atoms with Crippen molar-refractivity contribution in [2.24, 2.45) is 0 Å². The van der Waals surface area contributed by atoms with E-state index in [1.165, 1.54) is 5.56 Å². The molecule has 5 heteroatoms. The molecule has 0 amide bonds. The van der Waals surface area contributed by atoms with Gasteiger partial charge in [0, 0.05) is 22.1 Å². The molecule has 0 spiro atoms. The molecule has 1 aliphatic carbocycles. The highest BCUT2D eigenvalue weighted by Gasteiger charge is 2.32. The molecule has 5 nitrogen and oxygen atoms in total. The highest BCUT2D eigenvalue weighted by molar-refractivity contribution is 6.38. The number of ether oxygens (including phenoxy) is 2. The number of carbonyl (C=O) groups excluding carboxylic acids is 2. The van der Waals surface area contributed by atoms with Crippen LogP contribution in [0.25, 0.3) is 22.2 Å². The van der Waals surface area contributed by atoms with Crippen LogP contribution in [0.2, 0.25) is 0 Å². The lowest BCUT2D eigenvalue weighted by Crippen LogP contribution is -2.11. The average Bonchev–Trinajstić information content (AvgIpc) is 3.07. The first-order valence-electron chi connectivity index (χ1n) is 10.6. The molecular formula is C27H25NO4. The Bertz CT molecular complexity index is 1270. The smallest absolute Gasteiger partial charge is 0.333 e. The number of rotatable bonds is 7. The number of aromatic nitrogens is 1. The van der Waals surface area contributed by atoms with Gasteiger partial charge in [-0.3, -0.25) is 4.79 Å². The highest BCUT2D eigenvalue weighted by atomic mass is 16.6. The van der Waals surface area contributed by atoms with Crippen molar-refractivity contribution in [1.29, 1.82) is 0 Å². The van der Waals surface area contributed by atoms with Crippen molar-refractivity contribution in [2.45, 2.75) is 26.7 Å². The van der Waals surface area contributed by atoms with Gasteiger partial charge in [-0.25, -0.2) is 9.78 Å². The van der Waals surface area contributed by atoms with Crippen LogP contribution in [0.4, 0.5) is 0 Å². The average molecular weight is 428 g/mol. The van der Waals surface area contributed by atoms with E-state index in [0.29, 0.717) is 34.1 Å². The van der Waals surface area contributed by atoms with E-state index >= 15 is 0 Å². The number of pyridine rings is 1. The minimum absolute atomic E-state index is 0.0575. The van der Waals surface area contributed by atoms with Gasteiger partial charge in [0.2, 0.25) is 0 Å². The molecule has 1 aromatic heterocycles. The second-order valence-electron chi connectivity index (χ2n) is 8.15. The standard InChI is InChI=1S/C27H25NO4/c1-16(2)18-9-11-22-19(15-18)10-12-23(28-22)24-25(29)20-7-5-6-8-21(20)26(24)31-13-14-32-27(30)17(3)4/h5-12,15-16H,3,13-14H2,1-2,4H3. The summed E-state index contributed by atoms with van der Waals surface area (Å²) in [5, 5.41) is 1.03. The second kappa shape index (κ2) is 8.79.